The number of rotatable bonds is 3. The van der Waals surface area contributed by atoms with Crippen LogP contribution in [0.4, 0.5) is 0 Å². The first kappa shape index (κ1) is 13.1. The van der Waals surface area contributed by atoms with Crippen molar-refractivity contribution in [3.8, 4) is 0 Å². The van der Waals surface area contributed by atoms with Gasteiger partial charge in [-0.25, -0.2) is 0 Å². The molecular formula is C16H13ClO3. The number of fused-ring (bicyclic) bond motifs is 1. The predicted octanol–water partition coefficient (Wildman–Crippen LogP) is 3.49. The summed E-state index contributed by atoms with van der Waals surface area (Å²) in [4.78, 5) is 24.0. The lowest BCUT2D eigenvalue weighted by molar-refractivity contribution is -0.142. The molecule has 1 saturated carbocycles. The lowest BCUT2D eigenvalue weighted by atomic mass is 9.98. The zero-order valence-corrected chi connectivity index (χ0v) is 11.7. The highest BCUT2D eigenvalue weighted by molar-refractivity contribution is 6.36. The molecule has 20 heavy (non-hydrogen) atoms. The van der Waals surface area contributed by atoms with Crippen molar-refractivity contribution >= 4 is 34.1 Å². The molecule has 2 atom stereocenters. The van der Waals surface area contributed by atoms with Gasteiger partial charge in [0.1, 0.15) is 0 Å². The van der Waals surface area contributed by atoms with E-state index in [2.05, 4.69) is 4.74 Å². The Hall–Kier alpha value is -1.87. The molecule has 102 valence electrons. The molecule has 0 aliphatic heterocycles. The molecule has 4 heteroatoms. The van der Waals surface area contributed by atoms with Crippen molar-refractivity contribution in [1.82, 2.24) is 0 Å². The summed E-state index contributed by atoms with van der Waals surface area (Å²) in [6.45, 7) is 0. The van der Waals surface area contributed by atoms with E-state index in [0.29, 0.717) is 17.0 Å². The van der Waals surface area contributed by atoms with E-state index < -0.39 is 0 Å². The lowest BCUT2D eigenvalue weighted by Crippen LogP contribution is -2.10. The number of Topliss-reactive ketones (excluding diaryl/α,β-unsaturated/α-hetero) is 1. The van der Waals surface area contributed by atoms with E-state index in [1.807, 2.05) is 24.3 Å². The molecule has 0 unspecified atom stereocenters. The lowest BCUT2D eigenvalue weighted by Gasteiger charge is -2.07. The molecule has 1 fully saturated rings. The molecule has 3 rings (SSSR count). The van der Waals surface area contributed by atoms with Gasteiger partial charge in [0.25, 0.3) is 0 Å². The Bertz CT molecular complexity index is 708. The minimum absolute atomic E-state index is 0.00623. The summed E-state index contributed by atoms with van der Waals surface area (Å²) in [5.74, 6) is -0.858. The maximum atomic E-state index is 12.5. The van der Waals surface area contributed by atoms with Gasteiger partial charge in [-0.3, -0.25) is 9.59 Å². The van der Waals surface area contributed by atoms with Crippen molar-refractivity contribution in [2.75, 3.05) is 7.11 Å². The highest BCUT2D eigenvalue weighted by Crippen LogP contribution is 2.43. The molecule has 2 aromatic carbocycles. The van der Waals surface area contributed by atoms with Crippen LogP contribution in [0.25, 0.3) is 10.8 Å². The third-order valence-corrected chi connectivity index (χ3v) is 4.10. The number of ether oxygens (including phenoxy) is 1. The fourth-order valence-corrected chi connectivity index (χ4v) is 2.80. The number of esters is 1. The van der Waals surface area contributed by atoms with Crippen LogP contribution in [-0.2, 0) is 9.53 Å². The second-order valence-corrected chi connectivity index (χ2v) is 5.38. The number of carbonyl (C=O) groups is 2. The van der Waals surface area contributed by atoms with E-state index in [1.54, 1.807) is 12.1 Å². The Kier molecular flexibility index (Phi) is 3.22. The van der Waals surface area contributed by atoms with E-state index >= 15 is 0 Å². The van der Waals surface area contributed by atoms with Crippen molar-refractivity contribution in [2.24, 2.45) is 11.8 Å². The monoisotopic (exact) mass is 288 g/mol. The standard InChI is InChI=1S/C16H13ClO3/c1-20-16(19)13-8-12(13)15(18)11-6-7-14(17)10-5-3-2-4-9(10)11/h2-7,12-13H,8H2,1H3/t12-,13-/m0/s1. The van der Waals surface area contributed by atoms with Crippen LogP contribution in [0.1, 0.15) is 16.8 Å². The van der Waals surface area contributed by atoms with Crippen LogP contribution in [0.15, 0.2) is 36.4 Å². The zero-order chi connectivity index (χ0) is 14.3. The van der Waals surface area contributed by atoms with Gasteiger partial charge in [-0.2, -0.15) is 0 Å². The summed E-state index contributed by atoms with van der Waals surface area (Å²) in [5, 5.41) is 2.31. The summed E-state index contributed by atoms with van der Waals surface area (Å²) < 4.78 is 4.68. The Morgan fingerprint density at radius 1 is 1.10 bits per heavy atom. The van der Waals surface area contributed by atoms with E-state index in [1.165, 1.54) is 7.11 Å². The first-order valence-electron chi connectivity index (χ1n) is 6.42. The zero-order valence-electron chi connectivity index (χ0n) is 10.9. The van der Waals surface area contributed by atoms with Gasteiger partial charge < -0.3 is 4.74 Å². The minimum Gasteiger partial charge on any atom is -0.469 e. The van der Waals surface area contributed by atoms with E-state index in [-0.39, 0.29) is 23.6 Å². The third-order valence-electron chi connectivity index (χ3n) is 3.77. The Morgan fingerprint density at radius 2 is 1.80 bits per heavy atom. The van der Waals surface area contributed by atoms with Crippen molar-refractivity contribution in [1.29, 1.82) is 0 Å². The van der Waals surface area contributed by atoms with E-state index in [4.69, 9.17) is 11.6 Å². The van der Waals surface area contributed by atoms with Crippen molar-refractivity contribution in [3.63, 3.8) is 0 Å². The summed E-state index contributed by atoms with van der Waals surface area (Å²) in [6.07, 6.45) is 0.572. The molecule has 0 heterocycles. The van der Waals surface area contributed by atoms with E-state index in [0.717, 1.165) is 10.8 Å². The highest BCUT2D eigenvalue weighted by Gasteiger charge is 2.49. The quantitative estimate of drug-likeness (QED) is 0.641. The number of methoxy groups -OCH3 is 1. The molecule has 0 bridgehead atoms. The van der Waals surface area contributed by atoms with Gasteiger partial charge in [0.15, 0.2) is 5.78 Å². The smallest absolute Gasteiger partial charge is 0.309 e. The number of hydrogen-bond donors (Lipinski definition) is 0. The largest absolute Gasteiger partial charge is 0.469 e. The van der Waals surface area contributed by atoms with Crippen molar-refractivity contribution in [2.45, 2.75) is 6.42 Å². The summed E-state index contributed by atoms with van der Waals surface area (Å²) in [7, 11) is 1.35. The summed E-state index contributed by atoms with van der Waals surface area (Å²) in [5.41, 5.74) is 0.626. The molecule has 0 saturated heterocycles. The molecular weight excluding hydrogens is 276 g/mol. The molecule has 1 aliphatic rings. The number of benzene rings is 2. The fraction of sp³-hybridized carbons (Fsp3) is 0.250. The second kappa shape index (κ2) is 4.91. The van der Waals surface area contributed by atoms with Gasteiger partial charge in [0, 0.05) is 21.9 Å². The number of hydrogen-bond acceptors (Lipinski definition) is 3. The molecule has 0 amide bonds. The maximum Gasteiger partial charge on any atom is 0.309 e. The van der Waals surface area contributed by atoms with Crippen LogP contribution in [0.3, 0.4) is 0 Å². The molecule has 1 aliphatic carbocycles. The molecule has 0 N–H and O–H groups in total. The van der Waals surface area contributed by atoms with Crippen molar-refractivity contribution in [3.05, 3.63) is 47.0 Å². The third kappa shape index (κ3) is 2.08. The molecule has 3 nitrogen and oxygen atoms in total. The van der Waals surface area contributed by atoms with Crippen molar-refractivity contribution < 1.29 is 14.3 Å². The van der Waals surface area contributed by atoms with Gasteiger partial charge in [-0.15, -0.1) is 0 Å². The highest BCUT2D eigenvalue weighted by atomic mass is 35.5. The SMILES string of the molecule is COC(=O)[C@H]1C[C@@H]1C(=O)c1ccc(Cl)c2ccccc12. The van der Waals surface area contributed by atoms with Crippen LogP contribution < -0.4 is 0 Å². The molecule has 0 radical (unpaired) electrons. The van der Waals surface area contributed by atoms with Gasteiger partial charge in [-0.05, 0) is 23.9 Å². The van der Waals surface area contributed by atoms with Gasteiger partial charge >= 0.3 is 5.97 Å². The first-order chi connectivity index (χ1) is 9.63. The average molecular weight is 289 g/mol. The van der Waals surface area contributed by atoms with Crippen LogP contribution in [0.5, 0.6) is 0 Å². The predicted molar refractivity (Wildman–Crippen MR) is 76.9 cm³/mol. The fourth-order valence-electron chi connectivity index (χ4n) is 2.57. The molecule has 2 aromatic rings. The Morgan fingerprint density at radius 3 is 2.50 bits per heavy atom. The van der Waals surface area contributed by atoms with Crippen LogP contribution in [-0.4, -0.2) is 18.9 Å². The summed E-state index contributed by atoms with van der Waals surface area (Å²) in [6, 6.07) is 11.0. The van der Waals surface area contributed by atoms with Crippen LogP contribution >= 0.6 is 11.6 Å². The summed E-state index contributed by atoms with van der Waals surface area (Å²) >= 11 is 6.15. The van der Waals surface area contributed by atoms with Gasteiger partial charge in [-0.1, -0.05) is 35.9 Å². The van der Waals surface area contributed by atoms with Gasteiger partial charge in [0.05, 0.1) is 13.0 Å². The van der Waals surface area contributed by atoms with E-state index in [9.17, 15) is 9.59 Å². The van der Waals surface area contributed by atoms with Gasteiger partial charge in [0.2, 0.25) is 0 Å². The average Bonchev–Trinajstić information content (AvgIpc) is 3.27. The molecule has 0 spiro atoms. The first-order valence-corrected chi connectivity index (χ1v) is 6.80. The van der Waals surface area contributed by atoms with Crippen LogP contribution in [0.2, 0.25) is 5.02 Å². The van der Waals surface area contributed by atoms with Crippen LogP contribution in [0, 0.1) is 11.8 Å². The topological polar surface area (TPSA) is 43.4 Å². The normalized spacial score (nSPS) is 20.7. The number of halogens is 1. The number of carbonyl (C=O) groups excluding carboxylic acids is 2. The number of ketones is 1. The second-order valence-electron chi connectivity index (χ2n) is 4.98. The minimum atomic E-state index is -0.304. The molecule has 0 aromatic heterocycles. The Balaban J connectivity index is 1.98. The maximum absolute atomic E-state index is 12.5. The Labute approximate surface area is 121 Å².